The molecule has 0 heterocycles. The summed E-state index contributed by atoms with van der Waals surface area (Å²) in [6, 6.07) is 0. The smallest absolute Gasteiger partial charge is 0.368 e. The summed E-state index contributed by atoms with van der Waals surface area (Å²) in [5.41, 5.74) is 0. The molecule has 0 saturated heterocycles. The van der Waals surface area contributed by atoms with Gasteiger partial charge in [0.1, 0.15) is 0 Å². The van der Waals surface area contributed by atoms with E-state index in [1.807, 2.05) is 0 Å². The summed E-state index contributed by atoms with van der Waals surface area (Å²) in [7, 11) is 0.0709. The summed E-state index contributed by atoms with van der Waals surface area (Å²) in [5.74, 6) is -2.14. The van der Waals surface area contributed by atoms with E-state index in [2.05, 4.69) is 19.4 Å². The molecule has 0 N–H and O–H groups in total. The van der Waals surface area contributed by atoms with Gasteiger partial charge in [0.05, 0.1) is 0 Å². The van der Waals surface area contributed by atoms with Crippen LogP contribution in [0.3, 0.4) is 0 Å². The Kier molecular flexibility index (Phi) is 4.33. The van der Waals surface area contributed by atoms with Crippen molar-refractivity contribution in [2.75, 3.05) is 0 Å². The Morgan fingerprint density at radius 1 is 1.00 bits per heavy atom. The molecule has 0 aromatic heterocycles. The highest BCUT2D eigenvalue weighted by molar-refractivity contribution is 5.98. The highest BCUT2D eigenvalue weighted by atomic mass is 28.2. The van der Waals surface area contributed by atoms with Gasteiger partial charge >= 0.3 is 5.97 Å². The number of aliphatic imine (C=N–C) groups is 3. The maximum Gasteiger partial charge on any atom is 0.384 e. The molecule has 0 bridgehead atoms. The monoisotopic (exact) mass is 185 g/mol. The summed E-state index contributed by atoms with van der Waals surface area (Å²) in [6.07, 6.45) is 3.17. The van der Waals surface area contributed by atoms with Crippen LogP contribution in [0, 0.1) is 0 Å². The maximum absolute atomic E-state index is 9.79. The topological polar surface area (TPSA) is 97.5 Å². The number of hydrogen-bond acceptors (Lipinski definition) is 7. The molecule has 0 radical (unpaired) electrons. The van der Waals surface area contributed by atoms with Crippen LogP contribution in [0.4, 0.5) is 0 Å². The van der Waals surface area contributed by atoms with Crippen molar-refractivity contribution in [1.82, 2.24) is 0 Å². The van der Waals surface area contributed by atoms with E-state index >= 15 is 0 Å². The molecule has 12 heavy (non-hydrogen) atoms. The summed E-state index contributed by atoms with van der Waals surface area (Å²) in [4.78, 5) is 38.1. The molecular formula is C4H3N3O4Si. The SMILES string of the molecule is O=C=NC(N=C=O)(N=C=O)O[SiH3]. The fourth-order valence-corrected chi connectivity index (χ4v) is 0.664. The zero-order valence-corrected chi connectivity index (χ0v) is 7.97. The van der Waals surface area contributed by atoms with Crippen molar-refractivity contribution in [2.45, 2.75) is 5.97 Å². The third-order valence-corrected chi connectivity index (χ3v) is 1.40. The zero-order chi connectivity index (χ0) is 9.45. The van der Waals surface area contributed by atoms with Crippen molar-refractivity contribution >= 4 is 28.7 Å². The van der Waals surface area contributed by atoms with Gasteiger partial charge < -0.3 is 4.43 Å². The lowest BCUT2D eigenvalue weighted by atomic mass is 10.8. The van der Waals surface area contributed by atoms with E-state index in [1.54, 1.807) is 0 Å². The highest BCUT2D eigenvalue weighted by Crippen LogP contribution is 2.12. The van der Waals surface area contributed by atoms with E-state index in [0.29, 0.717) is 0 Å². The van der Waals surface area contributed by atoms with E-state index in [-0.39, 0.29) is 10.5 Å². The van der Waals surface area contributed by atoms with Crippen molar-refractivity contribution in [3.05, 3.63) is 0 Å². The van der Waals surface area contributed by atoms with E-state index in [4.69, 9.17) is 0 Å². The van der Waals surface area contributed by atoms with E-state index in [1.165, 1.54) is 0 Å². The molecule has 0 aromatic rings. The largest absolute Gasteiger partial charge is 0.384 e. The highest BCUT2D eigenvalue weighted by Gasteiger charge is 2.27. The number of isocyanates is 3. The number of carbonyl (C=O) groups excluding carboxylic acids is 3. The minimum atomic E-state index is -2.14. The first-order valence-corrected chi connectivity index (χ1v) is 3.38. The van der Waals surface area contributed by atoms with Gasteiger partial charge in [-0.05, 0) is 0 Å². The molecule has 0 saturated carbocycles. The molecule has 0 aliphatic carbocycles. The molecule has 0 spiro atoms. The Morgan fingerprint density at radius 2 is 1.33 bits per heavy atom. The number of nitrogens with zero attached hydrogens (tertiary/aromatic N) is 3. The van der Waals surface area contributed by atoms with Gasteiger partial charge in [0.25, 0.3) is 0 Å². The fourth-order valence-electron chi connectivity index (χ4n) is 0.390. The Balaban J connectivity index is 5.13. The van der Waals surface area contributed by atoms with Gasteiger partial charge in [0, 0.05) is 0 Å². The molecule has 0 amide bonds. The van der Waals surface area contributed by atoms with Gasteiger partial charge in [-0.2, -0.15) is 0 Å². The Bertz CT molecular complexity index is 252. The van der Waals surface area contributed by atoms with Crippen LogP contribution in [-0.4, -0.2) is 34.7 Å². The average molecular weight is 185 g/mol. The van der Waals surface area contributed by atoms with Crippen LogP contribution >= 0.6 is 0 Å². The Hall–Kier alpha value is -1.68. The Labute approximate surface area is 69.4 Å². The summed E-state index contributed by atoms with van der Waals surface area (Å²) in [5, 5.41) is 0. The van der Waals surface area contributed by atoms with Crippen LogP contribution in [0.15, 0.2) is 15.0 Å². The summed E-state index contributed by atoms with van der Waals surface area (Å²) in [6.45, 7) is 0. The van der Waals surface area contributed by atoms with Crippen LogP contribution in [0.5, 0.6) is 0 Å². The van der Waals surface area contributed by atoms with Gasteiger partial charge in [0.15, 0.2) is 10.5 Å². The average Bonchev–Trinajstić information content (AvgIpc) is 2.06. The van der Waals surface area contributed by atoms with Gasteiger partial charge in [-0.25, -0.2) is 14.4 Å². The van der Waals surface area contributed by atoms with E-state index < -0.39 is 5.97 Å². The van der Waals surface area contributed by atoms with Gasteiger partial charge in [-0.3, -0.25) is 0 Å². The molecule has 0 atom stereocenters. The lowest BCUT2D eigenvalue weighted by Crippen LogP contribution is -2.23. The summed E-state index contributed by atoms with van der Waals surface area (Å²) < 4.78 is 4.51. The van der Waals surface area contributed by atoms with Gasteiger partial charge in [-0.15, -0.1) is 15.0 Å². The quantitative estimate of drug-likeness (QED) is 0.284. The molecule has 0 aliphatic heterocycles. The molecule has 8 heteroatoms. The molecule has 0 aliphatic rings. The standard InChI is InChI=1S/C4H3N3O4Si/c8-1-5-4(11-12,6-2-9)7-3-10/h12H3. The maximum atomic E-state index is 9.79. The molecule has 62 valence electrons. The predicted octanol–water partition coefficient (Wildman–Crippen LogP) is -2.10. The second-order valence-corrected chi connectivity index (χ2v) is 1.80. The van der Waals surface area contributed by atoms with Crippen LogP contribution in [-0.2, 0) is 18.8 Å². The minimum Gasteiger partial charge on any atom is -0.368 e. The third-order valence-electron chi connectivity index (χ3n) is 0.848. The minimum absolute atomic E-state index is 0.0709. The molecular weight excluding hydrogens is 182 g/mol. The Morgan fingerprint density at radius 3 is 1.50 bits per heavy atom. The van der Waals surface area contributed by atoms with E-state index in [0.717, 1.165) is 18.2 Å². The van der Waals surface area contributed by atoms with Crippen molar-refractivity contribution in [2.24, 2.45) is 15.0 Å². The fraction of sp³-hybridized carbons (Fsp3) is 0.250. The first kappa shape index (κ1) is 10.3. The number of hydrogen-bond donors (Lipinski definition) is 0. The predicted molar refractivity (Wildman–Crippen MR) is 38.1 cm³/mol. The molecule has 0 aromatic carbocycles. The van der Waals surface area contributed by atoms with Crippen LogP contribution in [0.2, 0.25) is 0 Å². The second-order valence-electron chi connectivity index (χ2n) is 1.39. The van der Waals surface area contributed by atoms with Crippen molar-refractivity contribution in [3.8, 4) is 0 Å². The van der Waals surface area contributed by atoms with Crippen molar-refractivity contribution < 1.29 is 18.8 Å². The first-order chi connectivity index (χ1) is 5.74. The lowest BCUT2D eigenvalue weighted by molar-refractivity contribution is 0.112. The van der Waals surface area contributed by atoms with Crippen LogP contribution < -0.4 is 0 Å². The summed E-state index contributed by atoms with van der Waals surface area (Å²) >= 11 is 0. The van der Waals surface area contributed by atoms with Crippen LogP contribution in [0.1, 0.15) is 0 Å². The van der Waals surface area contributed by atoms with Crippen molar-refractivity contribution in [1.29, 1.82) is 0 Å². The molecule has 7 nitrogen and oxygen atoms in total. The van der Waals surface area contributed by atoms with Gasteiger partial charge in [-0.1, -0.05) is 0 Å². The van der Waals surface area contributed by atoms with Crippen LogP contribution in [0.25, 0.3) is 0 Å². The first-order valence-electron chi connectivity index (χ1n) is 2.57. The molecule has 0 rings (SSSR count). The molecule has 0 fully saturated rings. The van der Waals surface area contributed by atoms with Gasteiger partial charge in [0.2, 0.25) is 18.2 Å². The lowest BCUT2D eigenvalue weighted by Gasteiger charge is -2.11. The zero-order valence-electron chi connectivity index (χ0n) is 5.97. The third kappa shape index (κ3) is 2.51. The molecule has 0 unspecified atom stereocenters. The normalized spacial score (nSPS) is 13.0. The number of rotatable bonds is 4. The van der Waals surface area contributed by atoms with Crippen molar-refractivity contribution in [3.63, 3.8) is 0 Å². The van der Waals surface area contributed by atoms with E-state index in [9.17, 15) is 14.4 Å². The second kappa shape index (κ2) is 5.03.